The predicted molar refractivity (Wildman–Crippen MR) is 99.3 cm³/mol. The third kappa shape index (κ3) is 4.55. The minimum Gasteiger partial charge on any atom is -0.508 e. The number of ether oxygens (including phenoxy) is 1. The molecule has 0 bridgehead atoms. The summed E-state index contributed by atoms with van der Waals surface area (Å²) in [5.41, 5.74) is 0.0319. The van der Waals surface area contributed by atoms with Gasteiger partial charge in [-0.2, -0.15) is 0 Å². The van der Waals surface area contributed by atoms with Crippen LogP contribution >= 0.6 is 0 Å². The first-order valence-electron chi connectivity index (χ1n) is 8.13. The van der Waals surface area contributed by atoms with Crippen LogP contribution in [-0.2, 0) is 6.61 Å². The molecule has 0 amide bonds. The minimum atomic E-state index is -0.492. The number of non-ortho nitro benzene ring substituents is 1. The SMILES string of the molecule is O=C(/C=C/c1ccc(COc2ccc([N+](=O)[O-])cc2)o1)c1ccc(O)cc1O. The van der Waals surface area contributed by atoms with E-state index in [4.69, 9.17) is 9.15 Å². The van der Waals surface area contributed by atoms with Gasteiger partial charge in [0.15, 0.2) is 5.78 Å². The van der Waals surface area contributed by atoms with E-state index in [0.717, 1.165) is 6.07 Å². The van der Waals surface area contributed by atoms with Gasteiger partial charge in [0.1, 0.15) is 35.4 Å². The van der Waals surface area contributed by atoms with Crippen molar-refractivity contribution < 1.29 is 29.1 Å². The smallest absolute Gasteiger partial charge is 0.269 e. The summed E-state index contributed by atoms with van der Waals surface area (Å²) < 4.78 is 11.0. The van der Waals surface area contributed by atoms with Gasteiger partial charge in [0.25, 0.3) is 5.69 Å². The van der Waals surface area contributed by atoms with Crippen molar-refractivity contribution in [3.8, 4) is 17.2 Å². The molecule has 0 aliphatic rings. The van der Waals surface area contributed by atoms with E-state index in [1.807, 2.05) is 0 Å². The highest BCUT2D eigenvalue weighted by Gasteiger charge is 2.09. The van der Waals surface area contributed by atoms with Gasteiger partial charge in [-0.15, -0.1) is 0 Å². The first-order chi connectivity index (χ1) is 13.4. The van der Waals surface area contributed by atoms with Gasteiger partial charge in [-0.3, -0.25) is 14.9 Å². The van der Waals surface area contributed by atoms with Crippen molar-refractivity contribution in [2.75, 3.05) is 0 Å². The number of hydrogen-bond donors (Lipinski definition) is 2. The molecule has 0 aliphatic carbocycles. The lowest BCUT2D eigenvalue weighted by Gasteiger charge is -2.03. The molecule has 0 saturated carbocycles. The average molecular weight is 381 g/mol. The number of phenols is 2. The summed E-state index contributed by atoms with van der Waals surface area (Å²) in [6.45, 7) is 0.109. The average Bonchev–Trinajstić information content (AvgIpc) is 3.12. The molecule has 1 aromatic heterocycles. The molecule has 0 atom stereocenters. The number of rotatable bonds is 7. The Labute approximate surface area is 159 Å². The molecular weight excluding hydrogens is 366 g/mol. The summed E-state index contributed by atoms with van der Waals surface area (Å²) in [5.74, 6) is 0.467. The van der Waals surface area contributed by atoms with Crippen molar-refractivity contribution in [1.82, 2.24) is 0 Å². The van der Waals surface area contributed by atoms with Gasteiger partial charge in [-0.05, 0) is 48.6 Å². The summed E-state index contributed by atoms with van der Waals surface area (Å²) in [4.78, 5) is 22.2. The molecule has 0 spiro atoms. The number of carbonyl (C=O) groups excluding carboxylic acids is 1. The molecule has 0 aliphatic heterocycles. The van der Waals surface area contributed by atoms with Crippen LogP contribution in [0.2, 0.25) is 0 Å². The quantitative estimate of drug-likeness (QED) is 0.274. The van der Waals surface area contributed by atoms with Crippen LogP contribution in [0.3, 0.4) is 0 Å². The van der Waals surface area contributed by atoms with Crippen molar-refractivity contribution >= 4 is 17.5 Å². The van der Waals surface area contributed by atoms with E-state index in [2.05, 4.69) is 0 Å². The summed E-state index contributed by atoms with van der Waals surface area (Å²) in [6, 6.07) is 12.7. The van der Waals surface area contributed by atoms with Crippen LogP contribution < -0.4 is 4.74 Å². The third-order valence-corrected chi connectivity index (χ3v) is 3.76. The van der Waals surface area contributed by atoms with E-state index in [1.165, 1.54) is 48.6 Å². The molecule has 1 heterocycles. The minimum absolute atomic E-state index is 0.0258. The van der Waals surface area contributed by atoms with Crippen LogP contribution in [0, 0.1) is 10.1 Å². The lowest BCUT2D eigenvalue weighted by atomic mass is 10.1. The van der Waals surface area contributed by atoms with Crippen LogP contribution in [0.25, 0.3) is 6.08 Å². The zero-order valence-corrected chi connectivity index (χ0v) is 14.4. The van der Waals surface area contributed by atoms with Crippen LogP contribution in [0.4, 0.5) is 5.69 Å². The maximum Gasteiger partial charge on any atom is 0.269 e. The van der Waals surface area contributed by atoms with E-state index in [1.54, 1.807) is 12.1 Å². The van der Waals surface area contributed by atoms with Crippen molar-refractivity contribution in [3.05, 3.63) is 87.9 Å². The molecule has 0 saturated heterocycles. The normalized spacial score (nSPS) is 10.9. The molecule has 28 heavy (non-hydrogen) atoms. The monoisotopic (exact) mass is 381 g/mol. The third-order valence-electron chi connectivity index (χ3n) is 3.76. The Morgan fingerprint density at radius 2 is 1.86 bits per heavy atom. The molecule has 142 valence electrons. The van der Waals surface area contributed by atoms with Crippen molar-refractivity contribution in [1.29, 1.82) is 0 Å². The van der Waals surface area contributed by atoms with Gasteiger partial charge < -0.3 is 19.4 Å². The van der Waals surface area contributed by atoms with Crippen molar-refractivity contribution in [3.63, 3.8) is 0 Å². The van der Waals surface area contributed by atoms with Gasteiger partial charge in [0.2, 0.25) is 0 Å². The van der Waals surface area contributed by atoms with E-state index in [-0.39, 0.29) is 29.4 Å². The van der Waals surface area contributed by atoms with Crippen molar-refractivity contribution in [2.24, 2.45) is 0 Å². The molecule has 3 aromatic rings. The highest BCUT2D eigenvalue weighted by Crippen LogP contribution is 2.24. The Kier molecular flexibility index (Phi) is 5.40. The molecule has 0 fully saturated rings. The number of aromatic hydroxyl groups is 2. The molecule has 0 radical (unpaired) electrons. The van der Waals surface area contributed by atoms with Crippen LogP contribution in [0.5, 0.6) is 17.2 Å². The number of hydrogen-bond acceptors (Lipinski definition) is 7. The number of nitrogens with zero attached hydrogens (tertiary/aromatic N) is 1. The second kappa shape index (κ2) is 8.09. The van der Waals surface area contributed by atoms with Gasteiger partial charge >= 0.3 is 0 Å². The zero-order chi connectivity index (χ0) is 20.1. The zero-order valence-electron chi connectivity index (χ0n) is 14.4. The number of nitro groups is 1. The topological polar surface area (TPSA) is 123 Å². The molecule has 3 rings (SSSR count). The highest BCUT2D eigenvalue weighted by molar-refractivity contribution is 6.08. The highest BCUT2D eigenvalue weighted by atomic mass is 16.6. The van der Waals surface area contributed by atoms with E-state index >= 15 is 0 Å². The molecule has 0 unspecified atom stereocenters. The van der Waals surface area contributed by atoms with Crippen molar-refractivity contribution in [2.45, 2.75) is 6.61 Å². The second-order valence-corrected chi connectivity index (χ2v) is 5.74. The van der Waals surface area contributed by atoms with Gasteiger partial charge in [-0.1, -0.05) is 0 Å². The first kappa shape index (κ1) is 18.7. The Hall–Kier alpha value is -4.07. The lowest BCUT2D eigenvalue weighted by Crippen LogP contribution is -1.94. The Morgan fingerprint density at radius 1 is 1.11 bits per heavy atom. The maximum absolute atomic E-state index is 12.1. The largest absolute Gasteiger partial charge is 0.508 e. The summed E-state index contributed by atoms with van der Waals surface area (Å²) in [7, 11) is 0. The molecule has 8 nitrogen and oxygen atoms in total. The van der Waals surface area contributed by atoms with E-state index in [9.17, 15) is 25.1 Å². The summed E-state index contributed by atoms with van der Waals surface area (Å²) >= 11 is 0. The number of allylic oxidation sites excluding steroid dienone is 1. The molecule has 2 aromatic carbocycles. The fraction of sp³-hybridized carbons (Fsp3) is 0.0500. The number of nitro benzene ring substituents is 1. The van der Waals surface area contributed by atoms with Gasteiger partial charge in [0.05, 0.1) is 10.5 Å². The number of furan rings is 1. The molecule has 8 heteroatoms. The number of benzene rings is 2. The number of carbonyl (C=O) groups is 1. The Balaban J connectivity index is 1.59. The Morgan fingerprint density at radius 3 is 2.54 bits per heavy atom. The van der Waals surface area contributed by atoms with Crippen LogP contribution in [-0.4, -0.2) is 20.9 Å². The molecule has 2 N–H and O–H groups in total. The van der Waals surface area contributed by atoms with Gasteiger partial charge in [0, 0.05) is 18.2 Å². The summed E-state index contributed by atoms with van der Waals surface area (Å²) in [6.07, 6.45) is 2.69. The van der Waals surface area contributed by atoms with Gasteiger partial charge in [-0.25, -0.2) is 0 Å². The van der Waals surface area contributed by atoms with Crippen LogP contribution in [0.15, 0.2) is 65.1 Å². The standard InChI is InChI=1S/C20H15NO7/c22-14-3-9-18(20(24)11-14)19(23)10-8-16-6-7-17(28-16)12-27-15-4-1-13(2-5-15)21(25)26/h1-11,22,24H,12H2/b10-8+. The number of ketones is 1. The first-order valence-corrected chi connectivity index (χ1v) is 8.13. The second-order valence-electron chi connectivity index (χ2n) is 5.74. The van der Waals surface area contributed by atoms with E-state index in [0.29, 0.717) is 17.3 Å². The molecular formula is C20H15NO7. The van der Waals surface area contributed by atoms with Crippen LogP contribution in [0.1, 0.15) is 21.9 Å². The number of phenolic OH excluding ortho intramolecular Hbond substituents is 2. The van der Waals surface area contributed by atoms with E-state index < -0.39 is 10.7 Å². The maximum atomic E-state index is 12.1. The fourth-order valence-corrected chi connectivity index (χ4v) is 2.36. The summed E-state index contributed by atoms with van der Waals surface area (Å²) in [5, 5.41) is 29.6. The fourth-order valence-electron chi connectivity index (χ4n) is 2.36. The predicted octanol–water partition coefficient (Wildman–Crippen LogP) is 4.07. The Bertz CT molecular complexity index is 1030. The lowest BCUT2D eigenvalue weighted by molar-refractivity contribution is -0.384.